The molecular formula is C15H21Cl2N5O2. The van der Waals surface area contributed by atoms with Gasteiger partial charge in [0.25, 0.3) is 0 Å². The van der Waals surface area contributed by atoms with E-state index in [4.69, 9.17) is 4.74 Å². The Morgan fingerprint density at radius 1 is 1.33 bits per heavy atom. The number of anilines is 1. The Labute approximate surface area is 153 Å². The van der Waals surface area contributed by atoms with E-state index in [9.17, 15) is 4.79 Å². The molecule has 2 aromatic heterocycles. The number of nitrogens with one attached hydrogen (secondary N) is 2. The van der Waals surface area contributed by atoms with Crippen LogP contribution in [0.15, 0.2) is 36.8 Å². The van der Waals surface area contributed by atoms with Gasteiger partial charge in [-0.1, -0.05) is 0 Å². The third-order valence-electron chi connectivity index (χ3n) is 3.51. The molecule has 9 heteroatoms. The number of pyridine rings is 1. The van der Waals surface area contributed by atoms with Gasteiger partial charge in [-0.05, 0) is 24.1 Å². The molecule has 3 heterocycles. The number of rotatable bonds is 5. The summed E-state index contributed by atoms with van der Waals surface area (Å²) in [5.41, 5.74) is 1.21. The van der Waals surface area contributed by atoms with E-state index in [1.165, 1.54) is 5.56 Å². The molecular weight excluding hydrogens is 353 g/mol. The number of morpholine rings is 1. The van der Waals surface area contributed by atoms with Crippen LogP contribution in [0.2, 0.25) is 0 Å². The topological polar surface area (TPSA) is 81.1 Å². The van der Waals surface area contributed by atoms with Gasteiger partial charge < -0.3 is 15.4 Å². The number of amides is 1. The number of carbonyl (C=O) groups excluding carboxylic acids is 1. The molecule has 0 aromatic carbocycles. The van der Waals surface area contributed by atoms with Crippen molar-refractivity contribution in [2.75, 3.05) is 25.1 Å². The maximum Gasteiger partial charge on any atom is 0.245 e. The quantitative estimate of drug-likeness (QED) is 0.825. The van der Waals surface area contributed by atoms with Gasteiger partial charge in [0.05, 0.1) is 13.2 Å². The summed E-state index contributed by atoms with van der Waals surface area (Å²) in [4.78, 5) is 16.0. The highest BCUT2D eigenvalue weighted by atomic mass is 35.5. The average molecular weight is 374 g/mol. The summed E-state index contributed by atoms with van der Waals surface area (Å²) in [5, 5.41) is 10.3. The van der Waals surface area contributed by atoms with Crippen LogP contribution in [0.1, 0.15) is 5.56 Å². The van der Waals surface area contributed by atoms with E-state index < -0.39 is 0 Å². The molecule has 1 saturated heterocycles. The van der Waals surface area contributed by atoms with Crippen molar-refractivity contribution >= 4 is 36.5 Å². The van der Waals surface area contributed by atoms with Crippen molar-refractivity contribution in [3.05, 3.63) is 42.4 Å². The van der Waals surface area contributed by atoms with E-state index in [1.807, 2.05) is 23.0 Å². The van der Waals surface area contributed by atoms with Gasteiger partial charge in [-0.15, -0.1) is 24.8 Å². The van der Waals surface area contributed by atoms with E-state index in [0.29, 0.717) is 25.6 Å². The zero-order valence-electron chi connectivity index (χ0n) is 13.1. The van der Waals surface area contributed by atoms with Crippen molar-refractivity contribution in [3.63, 3.8) is 0 Å². The minimum atomic E-state index is -0.310. The van der Waals surface area contributed by atoms with Crippen LogP contribution in [0.3, 0.4) is 0 Å². The number of halogens is 2. The lowest BCUT2D eigenvalue weighted by molar-refractivity contribution is -0.120. The molecule has 1 unspecified atom stereocenters. The molecule has 0 radical (unpaired) electrons. The molecule has 0 bridgehead atoms. The Balaban J connectivity index is 0.00000144. The minimum Gasteiger partial charge on any atom is -0.378 e. The number of hydrogen-bond donors (Lipinski definition) is 2. The largest absolute Gasteiger partial charge is 0.378 e. The predicted octanol–water partition coefficient (Wildman–Crippen LogP) is 1.29. The smallest absolute Gasteiger partial charge is 0.245 e. The lowest BCUT2D eigenvalue weighted by Gasteiger charge is -2.22. The second-order valence-corrected chi connectivity index (χ2v) is 5.14. The molecule has 0 aliphatic carbocycles. The lowest BCUT2D eigenvalue weighted by atomic mass is 10.2. The monoisotopic (exact) mass is 373 g/mol. The Hall–Kier alpha value is -1.67. The first kappa shape index (κ1) is 20.4. The summed E-state index contributed by atoms with van der Waals surface area (Å²) in [7, 11) is 0. The summed E-state index contributed by atoms with van der Waals surface area (Å²) >= 11 is 0. The molecule has 1 aliphatic heterocycles. The van der Waals surface area contributed by atoms with Crippen LogP contribution in [-0.4, -0.2) is 46.5 Å². The molecule has 0 saturated carbocycles. The van der Waals surface area contributed by atoms with Gasteiger partial charge in [0.1, 0.15) is 6.04 Å². The molecule has 1 fully saturated rings. The summed E-state index contributed by atoms with van der Waals surface area (Å²) in [5.74, 6) is 0.450. The van der Waals surface area contributed by atoms with Gasteiger partial charge in [-0.3, -0.25) is 14.5 Å². The zero-order valence-corrected chi connectivity index (χ0v) is 14.7. The number of nitrogens with zero attached hydrogens (tertiary/aromatic N) is 3. The van der Waals surface area contributed by atoms with Gasteiger partial charge in [0, 0.05) is 37.7 Å². The minimum absolute atomic E-state index is 0. The van der Waals surface area contributed by atoms with E-state index in [0.717, 1.165) is 13.0 Å². The number of ether oxygens (including phenoxy) is 1. The van der Waals surface area contributed by atoms with E-state index in [2.05, 4.69) is 20.7 Å². The van der Waals surface area contributed by atoms with Crippen molar-refractivity contribution in [1.82, 2.24) is 20.1 Å². The van der Waals surface area contributed by atoms with E-state index >= 15 is 0 Å². The van der Waals surface area contributed by atoms with Gasteiger partial charge in [0.2, 0.25) is 5.91 Å². The van der Waals surface area contributed by atoms with Gasteiger partial charge in [-0.25, -0.2) is 0 Å². The van der Waals surface area contributed by atoms with E-state index in [-0.39, 0.29) is 36.8 Å². The second-order valence-electron chi connectivity index (χ2n) is 5.14. The Morgan fingerprint density at radius 3 is 2.83 bits per heavy atom. The fourth-order valence-corrected chi connectivity index (χ4v) is 2.29. The maximum absolute atomic E-state index is 12.0. The molecule has 24 heavy (non-hydrogen) atoms. The predicted molar refractivity (Wildman–Crippen MR) is 95.9 cm³/mol. The summed E-state index contributed by atoms with van der Waals surface area (Å²) in [6, 6.07) is 5.46. The molecule has 2 N–H and O–H groups in total. The molecule has 1 aliphatic rings. The van der Waals surface area contributed by atoms with Crippen LogP contribution in [0, 0.1) is 0 Å². The van der Waals surface area contributed by atoms with Crippen molar-refractivity contribution in [3.8, 4) is 0 Å². The van der Waals surface area contributed by atoms with Gasteiger partial charge in [0.15, 0.2) is 5.82 Å². The lowest BCUT2D eigenvalue weighted by Crippen LogP contribution is -2.48. The molecule has 132 valence electrons. The van der Waals surface area contributed by atoms with Crippen molar-refractivity contribution in [1.29, 1.82) is 0 Å². The molecule has 7 nitrogen and oxygen atoms in total. The van der Waals surface area contributed by atoms with Crippen molar-refractivity contribution in [2.24, 2.45) is 0 Å². The number of aromatic nitrogens is 3. The number of carbonyl (C=O) groups is 1. The van der Waals surface area contributed by atoms with Crippen LogP contribution < -0.4 is 10.6 Å². The molecule has 1 amide bonds. The van der Waals surface area contributed by atoms with Gasteiger partial charge >= 0.3 is 0 Å². The number of hydrogen-bond acceptors (Lipinski definition) is 5. The summed E-state index contributed by atoms with van der Waals surface area (Å²) < 4.78 is 7.10. The molecule has 1 atom stereocenters. The highest BCUT2D eigenvalue weighted by molar-refractivity contribution is 5.94. The first-order valence-corrected chi connectivity index (χ1v) is 7.35. The molecule has 2 aromatic rings. The zero-order chi connectivity index (χ0) is 15.2. The third kappa shape index (κ3) is 5.76. The van der Waals surface area contributed by atoms with Crippen LogP contribution in [-0.2, 0) is 22.5 Å². The normalized spacial score (nSPS) is 16.6. The van der Waals surface area contributed by atoms with Crippen LogP contribution >= 0.6 is 24.8 Å². The summed E-state index contributed by atoms with van der Waals surface area (Å²) in [6.07, 6.45) is 6.30. The van der Waals surface area contributed by atoms with E-state index in [1.54, 1.807) is 18.5 Å². The average Bonchev–Trinajstić information content (AvgIpc) is 3.02. The van der Waals surface area contributed by atoms with Crippen molar-refractivity contribution < 1.29 is 9.53 Å². The standard InChI is InChI=1S/C15H19N5O2.2ClH/c21-15(13-11-22-10-7-17-13)18-14-4-9-20(19-14)8-3-12-1-5-16-6-2-12;;/h1-2,4-6,9,13,17H,3,7-8,10-11H2,(H,18,19,21);2*1H. The Bertz CT molecular complexity index is 617. The first-order valence-electron chi connectivity index (χ1n) is 7.35. The first-order chi connectivity index (χ1) is 10.8. The second kappa shape index (κ2) is 10.2. The Kier molecular flexibility index (Phi) is 8.70. The SMILES string of the molecule is Cl.Cl.O=C(Nc1ccn(CCc2ccncc2)n1)C1COCCN1. The Morgan fingerprint density at radius 2 is 2.12 bits per heavy atom. The molecule has 3 rings (SSSR count). The highest BCUT2D eigenvalue weighted by Crippen LogP contribution is 2.06. The van der Waals surface area contributed by atoms with Crippen molar-refractivity contribution in [2.45, 2.75) is 19.0 Å². The fourth-order valence-electron chi connectivity index (χ4n) is 2.29. The van der Waals surface area contributed by atoms with Crippen LogP contribution in [0.4, 0.5) is 5.82 Å². The fraction of sp³-hybridized carbons (Fsp3) is 0.400. The highest BCUT2D eigenvalue weighted by Gasteiger charge is 2.21. The third-order valence-corrected chi connectivity index (χ3v) is 3.51. The summed E-state index contributed by atoms with van der Waals surface area (Å²) in [6.45, 7) is 2.49. The van der Waals surface area contributed by atoms with Crippen LogP contribution in [0.25, 0.3) is 0 Å². The van der Waals surface area contributed by atoms with Gasteiger partial charge in [-0.2, -0.15) is 5.10 Å². The number of aryl methyl sites for hydroxylation is 2. The maximum atomic E-state index is 12.0. The van der Waals surface area contributed by atoms with Crippen LogP contribution in [0.5, 0.6) is 0 Å². The molecule has 0 spiro atoms.